The number of aromatic nitrogens is 1. The first kappa shape index (κ1) is 38.4. The van der Waals surface area contributed by atoms with Crippen molar-refractivity contribution in [2.75, 3.05) is 9.80 Å². The van der Waals surface area contributed by atoms with Gasteiger partial charge < -0.3 is 13.7 Å². The SMILES string of the molecule is c1ccc(N2c3ccc(-c4cccc(-c5cccc(N(c6ccc7c(c6)oc6ccccc67)c6ccc7c(c6)oc6ccccc67)c5)c4)cc3[SiH2]c3c2n(-c2ccccc2)c2ccccc32)cc1. The molecule has 0 spiro atoms. The van der Waals surface area contributed by atoms with E-state index in [-0.39, 0.29) is 0 Å². The van der Waals surface area contributed by atoms with Crippen LogP contribution in [0.5, 0.6) is 0 Å². The van der Waals surface area contributed by atoms with E-state index in [4.69, 9.17) is 8.83 Å². The van der Waals surface area contributed by atoms with E-state index in [9.17, 15) is 0 Å². The van der Waals surface area contributed by atoms with Crippen LogP contribution in [0.4, 0.5) is 34.3 Å². The fraction of sp³-hybridized carbons (Fsp3) is 0. The van der Waals surface area contributed by atoms with E-state index >= 15 is 0 Å². The van der Waals surface area contributed by atoms with Gasteiger partial charge in [-0.15, -0.1) is 0 Å². The topological polar surface area (TPSA) is 37.7 Å². The third-order valence-corrected chi connectivity index (χ3v) is 15.8. The highest BCUT2D eigenvalue weighted by Crippen LogP contribution is 2.44. The number of furan rings is 2. The molecule has 0 N–H and O–H groups in total. The standard InChI is InChI=1S/C62H41N3O2Si/c1-3-18-44(19-4-1)64-54-26-10-7-25-53(54)61-62(64)65(45-20-5-2-6-21-45)55-34-29-43(37-60(55)68-61)41-16-13-15-40(35-41)42-17-14-22-46(36-42)63(47-30-32-51-49-23-8-11-27-56(49)66-58(51)38-47)48-31-33-52-50-24-9-12-28-57(50)67-59(52)39-48/h1-39H,68H2. The van der Waals surface area contributed by atoms with E-state index in [2.05, 4.69) is 227 Å². The Morgan fingerprint density at radius 2 is 0.868 bits per heavy atom. The lowest BCUT2D eigenvalue weighted by Gasteiger charge is -2.33. The van der Waals surface area contributed by atoms with Gasteiger partial charge in [0.05, 0.1) is 15.0 Å². The van der Waals surface area contributed by atoms with Crippen LogP contribution in [0, 0.1) is 0 Å². The van der Waals surface area contributed by atoms with Crippen molar-refractivity contribution in [3.63, 3.8) is 0 Å². The van der Waals surface area contributed by atoms with Crippen LogP contribution in [0.25, 0.3) is 82.7 Å². The van der Waals surface area contributed by atoms with Crippen LogP contribution < -0.4 is 20.2 Å². The van der Waals surface area contributed by atoms with Gasteiger partial charge in [0.2, 0.25) is 0 Å². The Hall–Kier alpha value is -8.84. The molecule has 5 nitrogen and oxygen atoms in total. The highest BCUT2D eigenvalue weighted by Gasteiger charge is 2.31. The molecule has 10 aromatic carbocycles. The summed E-state index contributed by atoms with van der Waals surface area (Å²) in [6.07, 6.45) is 0. The number of anilines is 6. The Morgan fingerprint density at radius 3 is 1.53 bits per heavy atom. The number of rotatable bonds is 7. The van der Waals surface area contributed by atoms with Gasteiger partial charge in [0.15, 0.2) is 0 Å². The number of hydrogen-bond donors (Lipinski definition) is 0. The summed E-state index contributed by atoms with van der Waals surface area (Å²) in [5, 5.41) is 8.65. The van der Waals surface area contributed by atoms with Gasteiger partial charge in [-0.05, 0) is 124 Å². The largest absolute Gasteiger partial charge is 0.456 e. The lowest BCUT2D eigenvalue weighted by molar-refractivity contribution is 0.669. The van der Waals surface area contributed by atoms with Crippen molar-refractivity contribution < 1.29 is 8.83 Å². The molecule has 68 heavy (non-hydrogen) atoms. The number of para-hydroxylation sites is 5. The fourth-order valence-corrected chi connectivity index (χ4v) is 12.8. The minimum atomic E-state index is -0.913. The predicted octanol–water partition coefficient (Wildman–Crippen LogP) is 15.1. The van der Waals surface area contributed by atoms with Crippen LogP contribution >= 0.6 is 0 Å². The van der Waals surface area contributed by atoms with Crippen LogP contribution in [0.1, 0.15) is 0 Å². The summed E-state index contributed by atoms with van der Waals surface area (Å²) >= 11 is 0. The molecule has 0 saturated carbocycles. The summed E-state index contributed by atoms with van der Waals surface area (Å²) < 4.78 is 15.4. The third kappa shape index (κ3) is 6.15. The average molecular weight is 888 g/mol. The first-order chi connectivity index (χ1) is 33.7. The van der Waals surface area contributed by atoms with Crippen molar-refractivity contribution in [2.45, 2.75) is 0 Å². The Kier molecular flexibility index (Phi) is 8.69. The molecule has 6 heteroatoms. The first-order valence-corrected chi connectivity index (χ1v) is 24.6. The van der Waals surface area contributed by atoms with E-state index in [0.717, 1.165) is 77.8 Å². The summed E-state index contributed by atoms with van der Waals surface area (Å²) in [6.45, 7) is 0. The van der Waals surface area contributed by atoms with Gasteiger partial charge in [-0.3, -0.25) is 9.47 Å². The molecule has 0 atom stereocenters. The molecule has 0 aliphatic carbocycles. The van der Waals surface area contributed by atoms with Crippen molar-refractivity contribution in [3.8, 4) is 27.9 Å². The smallest absolute Gasteiger partial charge is 0.137 e. The molecule has 0 unspecified atom stereocenters. The molecule has 0 amide bonds. The monoisotopic (exact) mass is 887 g/mol. The van der Waals surface area contributed by atoms with Gasteiger partial charge in [0.1, 0.15) is 28.1 Å². The maximum Gasteiger partial charge on any atom is 0.137 e. The van der Waals surface area contributed by atoms with Gasteiger partial charge in [-0.2, -0.15) is 0 Å². The van der Waals surface area contributed by atoms with E-state index in [0.29, 0.717) is 0 Å². The second kappa shape index (κ2) is 15.4. The maximum absolute atomic E-state index is 6.45. The second-order valence-corrected chi connectivity index (χ2v) is 19.5. The van der Waals surface area contributed by atoms with Gasteiger partial charge in [-0.25, -0.2) is 0 Å². The zero-order chi connectivity index (χ0) is 44.7. The van der Waals surface area contributed by atoms with Crippen molar-refractivity contribution >= 4 is 109 Å². The van der Waals surface area contributed by atoms with Gasteiger partial charge in [0, 0.05) is 73.2 Å². The van der Waals surface area contributed by atoms with Crippen LogP contribution in [0.3, 0.4) is 0 Å². The summed E-state index contributed by atoms with van der Waals surface area (Å²) in [7, 11) is -0.913. The molecule has 0 fully saturated rings. The average Bonchev–Trinajstić information content (AvgIpc) is 4.07. The normalized spacial score (nSPS) is 12.7. The molecular formula is C62H41N3O2Si. The molecule has 0 saturated heterocycles. The van der Waals surface area contributed by atoms with Crippen molar-refractivity contribution in [2.24, 2.45) is 0 Å². The Morgan fingerprint density at radius 1 is 0.353 bits per heavy atom. The number of fused-ring (bicyclic) bond motifs is 10. The molecule has 14 rings (SSSR count). The highest BCUT2D eigenvalue weighted by molar-refractivity contribution is 6.74. The Balaban J connectivity index is 0.871. The molecule has 1 aliphatic rings. The zero-order valence-corrected chi connectivity index (χ0v) is 38.3. The summed E-state index contributed by atoms with van der Waals surface area (Å²) in [6, 6.07) is 85.1. The Labute approximate surface area is 394 Å². The van der Waals surface area contributed by atoms with Gasteiger partial charge in [0.25, 0.3) is 0 Å². The van der Waals surface area contributed by atoms with Gasteiger partial charge >= 0.3 is 0 Å². The lowest BCUT2D eigenvalue weighted by Crippen LogP contribution is -2.40. The van der Waals surface area contributed by atoms with Crippen molar-refractivity contribution in [1.29, 1.82) is 0 Å². The molecule has 0 radical (unpaired) electrons. The van der Waals surface area contributed by atoms with E-state index in [1.807, 2.05) is 24.3 Å². The number of nitrogens with zero attached hydrogens (tertiary/aromatic N) is 3. The predicted molar refractivity (Wildman–Crippen MR) is 286 cm³/mol. The maximum atomic E-state index is 6.45. The second-order valence-electron chi connectivity index (χ2n) is 17.7. The third-order valence-electron chi connectivity index (χ3n) is 13.8. The fourth-order valence-electron chi connectivity index (χ4n) is 10.7. The molecule has 3 aromatic heterocycles. The Bertz CT molecular complexity index is 3980. The number of benzene rings is 10. The summed E-state index contributed by atoms with van der Waals surface area (Å²) in [5.41, 5.74) is 16.0. The van der Waals surface area contributed by atoms with Crippen LogP contribution in [-0.4, -0.2) is 14.1 Å². The van der Waals surface area contributed by atoms with E-state index in [1.54, 1.807) is 0 Å². The molecule has 320 valence electrons. The van der Waals surface area contributed by atoms with Crippen LogP contribution in [0.15, 0.2) is 245 Å². The first-order valence-electron chi connectivity index (χ1n) is 23.2. The van der Waals surface area contributed by atoms with Crippen LogP contribution in [0.2, 0.25) is 0 Å². The number of hydrogen-bond acceptors (Lipinski definition) is 4. The van der Waals surface area contributed by atoms with E-state index in [1.165, 1.54) is 49.6 Å². The van der Waals surface area contributed by atoms with E-state index < -0.39 is 9.52 Å². The summed E-state index contributed by atoms with van der Waals surface area (Å²) in [4.78, 5) is 4.80. The quantitative estimate of drug-likeness (QED) is 0.149. The van der Waals surface area contributed by atoms with Crippen molar-refractivity contribution in [1.82, 2.24) is 4.57 Å². The van der Waals surface area contributed by atoms with Crippen LogP contribution in [-0.2, 0) is 0 Å². The molecule has 0 bridgehead atoms. The van der Waals surface area contributed by atoms with Crippen molar-refractivity contribution in [3.05, 3.63) is 237 Å². The molecule has 4 heterocycles. The lowest BCUT2D eigenvalue weighted by atomic mass is 9.98. The summed E-state index contributed by atoms with van der Waals surface area (Å²) in [5.74, 6) is 1.25. The molecule has 1 aliphatic heterocycles. The van der Waals surface area contributed by atoms with Gasteiger partial charge in [-0.1, -0.05) is 133 Å². The highest BCUT2D eigenvalue weighted by atomic mass is 28.2. The minimum Gasteiger partial charge on any atom is -0.456 e. The molecule has 13 aromatic rings. The molecular weight excluding hydrogens is 847 g/mol. The zero-order valence-electron chi connectivity index (χ0n) is 36.9. The minimum absolute atomic E-state index is 0.848.